The minimum atomic E-state index is -3.70. The Labute approximate surface area is 149 Å². The van der Waals surface area contributed by atoms with E-state index in [9.17, 15) is 8.42 Å². The van der Waals surface area contributed by atoms with Crippen LogP contribution in [0.3, 0.4) is 0 Å². The fourth-order valence-electron chi connectivity index (χ4n) is 2.46. The molecule has 2 rings (SSSR count). The van der Waals surface area contributed by atoms with Gasteiger partial charge in [-0.15, -0.1) is 0 Å². The van der Waals surface area contributed by atoms with E-state index in [0.29, 0.717) is 19.0 Å². The van der Waals surface area contributed by atoms with Crippen molar-refractivity contribution in [3.63, 3.8) is 0 Å². The van der Waals surface area contributed by atoms with Gasteiger partial charge in [0.25, 0.3) is 0 Å². The number of aryl methyl sites for hydroxylation is 2. The summed E-state index contributed by atoms with van der Waals surface area (Å²) in [5.41, 5.74) is 4.47. The monoisotopic (exact) mass is 360 g/mol. The SMILES string of the molecule is CN=C(NCc1cccc(S(N)(=O)=O)c1)NCc1ccc(C)cc1C. The van der Waals surface area contributed by atoms with Crippen molar-refractivity contribution in [1.82, 2.24) is 10.6 Å². The number of aliphatic imine (C=N–C) groups is 1. The molecule has 0 amide bonds. The molecule has 25 heavy (non-hydrogen) atoms. The van der Waals surface area contributed by atoms with Crippen LogP contribution in [0, 0.1) is 13.8 Å². The summed E-state index contributed by atoms with van der Waals surface area (Å²) in [5.74, 6) is 0.640. The highest BCUT2D eigenvalue weighted by atomic mass is 32.2. The third kappa shape index (κ3) is 5.58. The average Bonchev–Trinajstić information content (AvgIpc) is 2.56. The normalized spacial score (nSPS) is 12.1. The minimum Gasteiger partial charge on any atom is -0.352 e. The van der Waals surface area contributed by atoms with Crippen LogP contribution in [0.5, 0.6) is 0 Å². The van der Waals surface area contributed by atoms with E-state index >= 15 is 0 Å². The van der Waals surface area contributed by atoms with Gasteiger partial charge in [-0.05, 0) is 42.7 Å². The molecule has 2 aromatic rings. The van der Waals surface area contributed by atoms with Crippen LogP contribution < -0.4 is 15.8 Å². The molecule has 0 saturated carbocycles. The predicted molar refractivity (Wildman–Crippen MR) is 101 cm³/mol. The summed E-state index contributed by atoms with van der Waals surface area (Å²) in [6.45, 7) is 5.25. The second-order valence-corrected chi connectivity index (χ2v) is 7.46. The van der Waals surface area contributed by atoms with Gasteiger partial charge in [-0.1, -0.05) is 35.9 Å². The Morgan fingerprint density at radius 2 is 1.80 bits per heavy atom. The zero-order chi connectivity index (χ0) is 18.4. The van der Waals surface area contributed by atoms with Crippen molar-refractivity contribution < 1.29 is 8.42 Å². The summed E-state index contributed by atoms with van der Waals surface area (Å²) in [4.78, 5) is 4.29. The van der Waals surface area contributed by atoms with Gasteiger partial charge < -0.3 is 10.6 Å². The van der Waals surface area contributed by atoms with Gasteiger partial charge in [-0.25, -0.2) is 13.6 Å². The van der Waals surface area contributed by atoms with Crippen molar-refractivity contribution in [3.05, 3.63) is 64.7 Å². The summed E-state index contributed by atoms with van der Waals surface area (Å²) in [7, 11) is -2.01. The lowest BCUT2D eigenvalue weighted by atomic mass is 10.1. The van der Waals surface area contributed by atoms with Gasteiger partial charge in [-0.3, -0.25) is 4.99 Å². The lowest BCUT2D eigenvalue weighted by Crippen LogP contribution is -2.36. The maximum atomic E-state index is 11.4. The molecule has 0 aromatic heterocycles. The van der Waals surface area contributed by atoms with Gasteiger partial charge in [0.05, 0.1) is 4.90 Å². The largest absolute Gasteiger partial charge is 0.352 e. The first-order valence-corrected chi connectivity index (χ1v) is 9.46. The molecule has 0 heterocycles. The van der Waals surface area contributed by atoms with Crippen molar-refractivity contribution in [3.8, 4) is 0 Å². The van der Waals surface area contributed by atoms with Crippen molar-refractivity contribution in [1.29, 1.82) is 0 Å². The third-order valence-corrected chi connectivity index (χ3v) is 4.77. The van der Waals surface area contributed by atoms with Crippen molar-refractivity contribution >= 4 is 16.0 Å². The number of guanidine groups is 1. The van der Waals surface area contributed by atoms with Crippen molar-refractivity contribution in [2.24, 2.45) is 10.1 Å². The lowest BCUT2D eigenvalue weighted by Gasteiger charge is -2.14. The second kappa shape index (κ2) is 8.13. The zero-order valence-electron chi connectivity index (χ0n) is 14.7. The fraction of sp³-hybridized carbons (Fsp3) is 0.278. The molecule has 0 aliphatic carbocycles. The zero-order valence-corrected chi connectivity index (χ0v) is 15.5. The molecule has 0 unspecified atom stereocenters. The fourth-order valence-corrected chi connectivity index (χ4v) is 3.05. The highest BCUT2D eigenvalue weighted by molar-refractivity contribution is 7.89. The average molecular weight is 360 g/mol. The van der Waals surface area contributed by atoms with E-state index in [1.165, 1.54) is 22.8 Å². The summed E-state index contributed by atoms with van der Waals surface area (Å²) in [5, 5.41) is 11.6. The number of sulfonamides is 1. The minimum absolute atomic E-state index is 0.102. The number of hydrogen-bond acceptors (Lipinski definition) is 3. The molecule has 0 spiro atoms. The van der Waals surface area contributed by atoms with Crippen LogP contribution in [-0.2, 0) is 23.1 Å². The third-order valence-electron chi connectivity index (χ3n) is 3.85. The van der Waals surface area contributed by atoms with Crippen molar-refractivity contribution in [2.45, 2.75) is 31.8 Å². The number of nitrogens with zero attached hydrogens (tertiary/aromatic N) is 1. The quantitative estimate of drug-likeness (QED) is 0.560. The molecule has 0 aliphatic rings. The molecule has 6 nitrogen and oxygen atoms in total. The number of nitrogens with two attached hydrogens (primary N) is 1. The topological polar surface area (TPSA) is 96.6 Å². The van der Waals surface area contributed by atoms with E-state index in [2.05, 4.69) is 47.7 Å². The van der Waals surface area contributed by atoms with Gasteiger partial charge in [0, 0.05) is 20.1 Å². The van der Waals surface area contributed by atoms with Crippen LogP contribution in [-0.4, -0.2) is 21.4 Å². The first-order valence-electron chi connectivity index (χ1n) is 7.92. The van der Waals surface area contributed by atoms with Crippen molar-refractivity contribution in [2.75, 3.05) is 7.05 Å². The Morgan fingerprint density at radius 3 is 2.44 bits per heavy atom. The first-order chi connectivity index (χ1) is 11.8. The van der Waals surface area contributed by atoms with E-state index in [-0.39, 0.29) is 4.90 Å². The van der Waals surface area contributed by atoms with E-state index in [1.807, 2.05) is 6.07 Å². The molecule has 7 heteroatoms. The Morgan fingerprint density at radius 1 is 1.08 bits per heavy atom. The van der Waals surface area contributed by atoms with E-state index in [4.69, 9.17) is 5.14 Å². The molecule has 134 valence electrons. The second-order valence-electron chi connectivity index (χ2n) is 5.90. The highest BCUT2D eigenvalue weighted by Crippen LogP contribution is 2.11. The van der Waals surface area contributed by atoms with Gasteiger partial charge in [0.1, 0.15) is 0 Å². The van der Waals surface area contributed by atoms with Crippen LogP contribution >= 0.6 is 0 Å². The predicted octanol–water partition coefficient (Wildman–Crippen LogP) is 1.82. The van der Waals surface area contributed by atoms with Gasteiger partial charge in [0.15, 0.2) is 5.96 Å². The van der Waals surface area contributed by atoms with E-state index < -0.39 is 10.0 Å². The number of nitrogens with one attached hydrogen (secondary N) is 2. The van der Waals surface area contributed by atoms with E-state index in [1.54, 1.807) is 19.2 Å². The molecular formula is C18H24N4O2S. The Balaban J connectivity index is 1.97. The van der Waals surface area contributed by atoms with Crippen LogP contribution in [0.15, 0.2) is 52.4 Å². The standard InChI is InChI=1S/C18H24N4O2S/c1-13-7-8-16(14(2)9-13)12-22-18(20-3)21-11-15-5-4-6-17(10-15)25(19,23)24/h4-10H,11-12H2,1-3H3,(H2,19,23,24)(H2,20,21,22). The molecule has 0 radical (unpaired) electrons. The number of benzene rings is 2. The maximum absolute atomic E-state index is 11.4. The Kier molecular flexibility index (Phi) is 6.17. The Hall–Kier alpha value is -2.38. The van der Waals surface area contributed by atoms with Crippen LogP contribution in [0.25, 0.3) is 0 Å². The smallest absolute Gasteiger partial charge is 0.238 e. The summed E-state index contributed by atoms with van der Waals surface area (Å²) in [6.07, 6.45) is 0. The molecule has 0 bridgehead atoms. The number of rotatable bonds is 5. The van der Waals surface area contributed by atoms with Crippen LogP contribution in [0.2, 0.25) is 0 Å². The first kappa shape index (κ1) is 19.0. The summed E-state index contributed by atoms with van der Waals surface area (Å²) >= 11 is 0. The molecule has 0 fully saturated rings. The van der Waals surface area contributed by atoms with Crippen LogP contribution in [0.1, 0.15) is 22.3 Å². The summed E-state index contributed by atoms with van der Waals surface area (Å²) in [6, 6.07) is 12.9. The number of hydrogen-bond donors (Lipinski definition) is 3. The van der Waals surface area contributed by atoms with Gasteiger partial charge in [-0.2, -0.15) is 0 Å². The Bertz CT molecular complexity index is 876. The number of primary sulfonamides is 1. The highest BCUT2D eigenvalue weighted by Gasteiger charge is 2.08. The van der Waals surface area contributed by atoms with E-state index in [0.717, 1.165) is 5.56 Å². The van der Waals surface area contributed by atoms with Crippen LogP contribution in [0.4, 0.5) is 0 Å². The molecular weight excluding hydrogens is 336 g/mol. The molecule has 2 aromatic carbocycles. The molecule has 0 aliphatic heterocycles. The van der Waals surface area contributed by atoms with Gasteiger partial charge in [0.2, 0.25) is 10.0 Å². The van der Waals surface area contributed by atoms with Gasteiger partial charge >= 0.3 is 0 Å². The molecule has 0 saturated heterocycles. The maximum Gasteiger partial charge on any atom is 0.238 e. The summed E-state index contributed by atoms with van der Waals surface area (Å²) < 4.78 is 22.8. The lowest BCUT2D eigenvalue weighted by molar-refractivity contribution is 0.597. The molecule has 4 N–H and O–H groups in total. The molecule has 0 atom stereocenters.